The SMILES string of the molecule is Cc1ccc([C@@H]2CC(=O)C3=C(C2)Nc2ccccc2N[C@H]3c2cc3c(cc2Cl)OCO3)cc1. The standard InChI is InChI=1S/C27H23ClN2O3/c1-15-6-8-16(9-7-15)17-10-22-26(23(31)11-17)27(30-21-5-3-2-4-20(21)29-22)18-12-24-25(13-19(18)28)33-14-32-24/h2-9,12-13,17,27,29-30H,10-11,14H2,1H3/t17-,27-/m0/s1. The number of aryl methyl sites for hydroxylation is 1. The molecule has 0 aromatic heterocycles. The van der Waals surface area contributed by atoms with Crippen LogP contribution in [0.3, 0.4) is 0 Å². The number of anilines is 2. The first-order valence-corrected chi connectivity index (χ1v) is 11.5. The molecule has 1 aliphatic carbocycles. The van der Waals surface area contributed by atoms with Crippen molar-refractivity contribution in [3.05, 3.63) is 93.6 Å². The van der Waals surface area contributed by atoms with E-state index in [0.29, 0.717) is 22.9 Å². The number of allylic oxidation sites excluding steroid dienone is 1. The number of Topliss-reactive ketones (excluding diaryl/α,β-unsaturated/α-hetero) is 1. The maximum atomic E-state index is 13.7. The van der Waals surface area contributed by atoms with Crippen molar-refractivity contribution in [1.82, 2.24) is 0 Å². The van der Waals surface area contributed by atoms with Gasteiger partial charge < -0.3 is 20.1 Å². The van der Waals surface area contributed by atoms with Gasteiger partial charge in [-0.1, -0.05) is 53.6 Å². The van der Waals surface area contributed by atoms with Gasteiger partial charge in [0.1, 0.15) is 0 Å². The summed E-state index contributed by atoms with van der Waals surface area (Å²) in [6, 6.07) is 19.7. The molecule has 0 fully saturated rings. The highest BCUT2D eigenvalue weighted by Gasteiger charge is 2.37. The molecular formula is C27H23ClN2O3. The first kappa shape index (κ1) is 20.2. The highest BCUT2D eigenvalue weighted by Crippen LogP contribution is 2.47. The van der Waals surface area contributed by atoms with E-state index in [-0.39, 0.29) is 18.5 Å². The summed E-state index contributed by atoms with van der Waals surface area (Å²) in [6.45, 7) is 2.24. The molecule has 166 valence electrons. The number of hydrogen-bond acceptors (Lipinski definition) is 5. The molecule has 0 unspecified atom stereocenters. The summed E-state index contributed by atoms with van der Waals surface area (Å²) >= 11 is 6.71. The Kier molecular flexibility index (Phi) is 4.80. The van der Waals surface area contributed by atoms with Crippen molar-refractivity contribution < 1.29 is 14.3 Å². The Bertz CT molecular complexity index is 1300. The second kappa shape index (κ2) is 7.85. The molecule has 2 atom stereocenters. The van der Waals surface area contributed by atoms with Gasteiger partial charge in [0.05, 0.1) is 22.4 Å². The van der Waals surface area contributed by atoms with E-state index >= 15 is 0 Å². The topological polar surface area (TPSA) is 59.6 Å². The van der Waals surface area contributed by atoms with Crippen LogP contribution in [0.2, 0.25) is 5.02 Å². The zero-order valence-electron chi connectivity index (χ0n) is 18.2. The van der Waals surface area contributed by atoms with Gasteiger partial charge in [-0.25, -0.2) is 0 Å². The Labute approximate surface area is 197 Å². The second-order valence-corrected chi connectivity index (χ2v) is 9.21. The lowest BCUT2D eigenvalue weighted by atomic mass is 9.78. The van der Waals surface area contributed by atoms with E-state index in [0.717, 1.165) is 34.6 Å². The Morgan fingerprint density at radius 2 is 1.67 bits per heavy atom. The first-order valence-electron chi connectivity index (χ1n) is 11.1. The maximum Gasteiger partial charge on any atom is 0.231 e. The molecule has 0 spiro atoms. The van der Waals surface area contributed by atoms with Crippen molar-refractivity contribution in [1.29, 1.82) is 0 Å². The third-order valence-corrected chi connectivity index (χ3v) is 6.99. The van der Waals surface area contributed by atoms with Crippen LogP contribution in [0.4, 0.5) is 11.4 Å². The summed E-state index contributed by atoms with van der Waals surface area (Å²) in [5, 5.41) is 7.69. The highest BCUT2D eigenvalue weighted by atomic mass is 35.5. The van der Waals surface area contributed by atoms with Crippen LogP contribution in [-0.4, -0.2) is 12.6 Å². The molecule has 0 radical (unpaired) electrons. The predicted octanol–water partition coefficient (Wildman–Crippen LogP) is 6.36. The van der Waals surface area contributed by atoms with Crippen LogP contribution < -0.4 is 20.1 Å². The van der Waals surface area contributed by atoms with Gasteiger partial charge in [-0.3, -0.25) is 4.79 Å². The molecule has 2 heterocycles. The van der Waals surface area contributed by atoms with Gasteiger partial charge in [0, 0.05) is 29.3 Å². The summed E-state index contributed by atoms with van der Waals surface area (Å²) < 4.78 is 11.1. The number of carbonyl (C=O) groups is 1. The molecular weight excluding hydrogens is 436 g/mol. The van der Waals surface area contributed by atoms with Gasteiger partial charge in [0.15, 0.2) is 17.3 Å². The minimum atomic E-state index is -0.399. The van der Waals surface area contributed by atoms with E-state index in [9.17, 15) is 4.79 Å². The number of hydrogen-bond donors (Lipinski definition) is 2. The first-order chi connectivity index (χ1) is 16.1. The van der Waals surface area contributed by atoms with Crippen LogP contribution >= 0.6 is 11.6 Å². The van der Waals surface area contributed by atoms with E-state index in [1.54, 1.807) is 6.07 Å². The lowest BCUT2D eigenvalue weighted by molar-refractivity contribution is -0.116. The van der Waals surface area contributed by atoms with Gasteiger partial charge >= 0.3 is 0 Å². The molecule has 0 amide bonds. The third-order valence-electron chi connectivity index (χ3n) is 6.66. The van der Waals surface area contributed by atoms with E-state index in [1.807, 2.05) is 30.3 Å². The normalized spacial score (nSPS) is 21.0. The van der Waals surface area contributed by atoms with Gasteiger partial charge in [-0.2, -0.15) is 0 Å². The number of ether oxygens (including phenoxy) is 2. The van der Waals surface area contributed by atoms with Crippen LogP contribution in [0.15, 0.2) is 71.9 Å². The van der Waals surface area contributed by atoms with E-state index in [1.165, 1.54) is 11.1 Å². The number of para-hydroxylation sites is 2. The van der Waals surface area contributed by atoms with Crippen LogP contribution in [0.1, 0.15) is 41.5 Å². The fourth-order valence-corrected chi connectivity index (χ4v) is 5.22. The van der Waals surface area contributed by atoms with E-state index in [4.69, 9.17) is 21.1 Å². The lowest BCUT2D eigenvalue weighted by Crippen LogP contribution is -2.27. The zero-order valence-corrected chi connectivity index (χ0v) is 18.9. The summed E-state index contributed by atoms with van der Waals surface area (Å²) in [5.74, 6) is 1.51. The van der Waals surface area contributed by atoms with Crippen molar-refractivity contribution in [3.63, 3.8) is 0 Å². The summed E-state index contributed by atoms with van der Waals surface area (Å²) in [7, 11) is 0. The molecule has 3 aromatic carbocycles. The average Bonchev–Trinajstić information content (AvgIpc) is 3.18. The van der Waals surface area contributed by atoms with Crippen molar-refractivity contribution in [3.8, 4) is 11.5 Å². The van der Waals surface area contributed by atoms with Crippen LogP contribution in [-0.2, 0) is 4.79 Å². The second-order valence-electron chi connectivity index (χ2n) is 8.81. The number of carbonyl (C=O) groups excluding carboxylic acids is 1. The number of fused-ring (bicyclic) bond motifs is 2. The van der Waals surface area contributed by atoms with Crippen LogP contribution in [0, 0.1) is 6.92 Å². The molecule has 0 bridgehead atoms. The van der Waals surface area contributed by atoms with Gasteiger partial charge in [-0.15, -0.1) is 0 Å². The van der Waals surface area contributed by atoms with Crippen LogP contribution in [0.5, 0.6) is 11.5 Å². The van der Waals surface area contributed by atoms with Gasteiger partial charge in [-0.05, 0) is 43.0 Å². The molecule has 6 rings (SSSR count). The fraction of sp³-hybridized carbons (Fsp3) is 0.222. The molecule has 0 saturated heterocycles. The number of nitrogens with one attached hydrogen (secondary N) is 2. The fourth-order valence-electron chi connectivity index (χ4n) is 4.95. The van der Waals surface area contributed by atoms with E-state index < -0.39 is 6.04 Å². The molecule has 2 aliphatic heterocycles. The maximum absolute atomic E-state index is 13.7. The van der Waals surface area contributed by atoms with Gasteiger partial charge in [0.2, 0.25) is 6.79 Å². The Morgan fingerprint density at radius 1 is 0.939 bits per heavy atom. The van der Waals surface area contributed by atoms with E-state index in [2.05, 4.69) is 41.8 Å². The van der Waals surface area contributed by atoms with Crippen molar-refractivity contribution >= 4 is 28.8 Å². The number of halogens is 1. The monoisotopic (exact) mass is 458 g/mol. The molecule has 0 saturated carbocycles. The molecule has 33 heavy (non-hydrogen) atoms. The summed E-state index contributed by atoms with van der Waals surface area (Å²) in [5.41, 5.74) is 6.74. The predicted molar refractivity (Wildman–Crippen MR) is 129 cm³/mol. The van der Waals surface area contributed by atoms with Gasteiger partial charge in [0.25, 0.3) is 0 Å². The Hall–Kier alpha value is -3.44. The van der Waals surface area contributed by atoms with Crippen LogP contribution in [0.25, 0.3) is 0 Å². The summed E-state index contributed by atoms with van der Waals surface area (Å²) in [6.07, 6.45) is 1.21. The molecule has 5 nitrogen and oxygen atoms in total. The van der Waals surface area contributed by atoms with Crippen molar-refractivity contribution in [2.75, 3.05) is 17.4 Å². The lowest BCUT2D eigenvalue weighted by Gasteiger charge is -2.30. The minimum Gasteiger partial charge on any atom is -0.454 e. The average molecular weight is 459 g/mol. The molecule has 3 aromatic rings. The largest absolute Gasteiger partial charge is 0.454 e. The van der Waals surface area contributed by atoms with Crippen molar-refractivity contribution in [2.45, 2.75) is 31.7 Å². The van der Waals surface area contributed by atoms with Crippen molar-refractivity contribution in [2.24, 2.45) is 0 Å². The quantitative estimate of drug-likeness (QED) is 0.468. The smallest absolute Gasteiger partial charge is 0.231 e. The number of rotatable bonds is 2. The Balaban J connectivity index is 1.47. The molecule has 3 aliphatic rings. The summed E-state index contributed by atoms with van der Waals surface area (Å²) in [4.78, 5) is 13.7. The third kappa shape index (κ3) is 3.53. The Morgan fingerprint density at radius 3 is 2.45 bits per heavy atom. The number of ketones is 1. The molecule has 2 N–H and O–H groups in total. The number of benzene rings is 3. The highest BCUT2D eigenvalue weighted by molar-refractivity contribution is 6.31. The molecule has 6 heteroatoms. The minimum absolute atomic E-state index is 0.119. The zero-order chi connectivity index (χ0) is 22.5.